The summed E-state index contributed by atoms with van der Waals surface area (Å²) in [5.41, 5.74) is 13.9. The number of nitrogens with one attached hydrogen (secondary N) is 1. The van der Waals surface area contributed by atoms with Crippen LogP contribution < -0.4 is 4.98 Å². The van der Waals surface area contributed by atoms with Gasteiger partial charge in [-0.25, -0.2) is 4.98 Å². The molecule has 36 heavy (non-hydrogen) atoms. The van der Waals surface area contributed by atoms with Gasteiger partial charge >= 0.3 is 0 Å². The minimum atomic E-state index is 0.455. The smallest absolute Gasteiger partial charge is 0.204 e. The van der Waals surface area contributed by atoms with E-state index in [1.165, 1.54) is 55.9 Å². The molecule has 3 aromatic rings. The van der Waals surface area contributed by atoms with Gasteiger partial charge in [0.2, 0.25) is 11.4 Å². The standard InChI is InChI=1S/C35H49N/c1-20(2)26-16-28(22(5)6)34(29(17-26)23(7)8)32-14-13-15-33(36-32)35-30(24(9)10)18-27(21(3)4)19-31(35)25(11)12/h13-25H,1-12H3/p+1. The Morgan fingerprint density at radius 3 is 0.917 bits per heavy atom. The Kier molecular flexibility index (Phi) is 8.86. The van der Waals surface area contributed by atoms with Crippen LogP contribution in [0.2, 0.25) is 0 Å². The summed E-state index contributed by atoms with van der Waals surface area (Å²) in [5, 5.41) is 0. The van der Waals surface area contributed by atoms with Gasteiger partial charge in [-0.3, -0.25) is 0 Å². The monoisotopic (exact) mass is 484 g/mol. The first kappa shape index (κ1) is 28.2. The fourth-order valence-electron chi connectivity index (χ4n) is 5.29. The molecule has 1 N–H and O–H groups in total. The maximum absolute atomic E-state index is 3.96. The molecule has 0 radical (unpaired) electrons. The Hall–Kier alpha value is -2.41. The van der Waals surface area contributed by atoms with E-state index in [9.17, 15) is 0 Å². The van der Waals surface area contributed by atoms with Crippen molar-refractivity contribution >= 4 is 0 Å². The lowest BCUT2D eigenvalue weighted by Gasteiger charge is -2.22. The molecule has 2 aromatic carbocycles. The van der Waals surface area contributed by atoms with Crippen molar-refractivity contribution in [3.05, 3.63) is 75.8 Å². The fourth-order valence-corrected chi connectivity index (χ4v) is 5.29. The summed E-state index contributed by atoms with van der Waals surface area (Å²) in [6.45, 7) is 27.8. The number of aromatic amines is 1. The average Bonchev–Trinajstić information content (AvgIpc) is 2.81. The second kappa shape index (κ2) is 11.3. The van der Waals surface area contributed by atoms with Crippen LogP contribution in [0, 0.1) is 0 Å². The third-order valence-corrected chi connectivity index (χ3v) is 7.60. The van der Waals surface area contributed by atoms with E-state index in [0.717, 1.165) is 0 Å². The first-order valence-corrected chi connectivity index (χ1v) is 14.2. The van der Waals surface area contributed by atoms with Crippen LogP contribution >= 0.6 is 0 Å². The molecule has 1 heterocycles. The van der Waals surface area contributed by atoms with Crippen molar-refractivity contribution in [1.29, 1.82) is 0 Å². The molecular weight excluding hydrogens is 434 g/mol. The fraction of sp³-hybridized carbons (Fsp3) is 0.514. The number of benzene rings is 2. The highest BCUT2D eigenvalue weighted by molar-refractivity contribution is 5.72. The molecule has 0 saturated heterocycles. The Morgan fingerprint density at radius 1 is 0.417 bits per heavy atom. The lowest BCUT2D eigenvalue weighted by molar-refractivity contribution is -0.351. The highest BCUT2D eigenvalue weighted by Crippen LogP contribution is 2.40. The average molecular weight is 485 g/mol. The number of H-pyrrole nitrogens is 1. The van der Waals surface area contributed by atoms with Gasteiger partial charge < -0.3 is 0 Å². The Balaban J connectivity index is 2.36. The zero-order chi connectivity index (χ0) is 26.9. The van der Waals surface area contributed by atoms with Crippen molar-refractivity contribution in [3.8, 4) is 22.5 Å². The Labute approximate surface area is 221 Å². The van der Waals surface area contributed by atoms with Crippen molar-refractivity contribution in [2.24, 2.45) is 0 Å². The van der Waals surface area contributed by atoms with Crippen LogP contribution in [0.3, 0.4) is 0 Å². The quantitative estimate of drug-likeness (QED) is 0.302. The third-order valence-electron chi connectivity index (χ3n) is 7.60. The van der Waals surface area contributed by atoms with Gasteiger partial charge in [0.25, 0.3) is 0 Å². The number of rotatable bonds is 8. The van der Waals surface area contributed by atoms with Gasteiger partial charge in [0.1, 0.15) is 0 Å². The molecule has 3 rings (SSSR count). The topological polar surface area (TPSA) is 14.1 Å². The van der Waals surface area contributed by atoms with E-state index in [4.69, 9.17) is 0 Å². The molecule has 194 valence electrons. The molecule has 0 spiro atoms. The number of pyridine rings is 1. The summed E-state index contributed by atoms with van der Waals surface area (Å²) in [6, 6.07) is 16.6. The van der Waals surface area contributed by atoms with Gasteiger partial charge in [0.05, 0.1) is 11.1 Å². The molecule has 0 aliphatic rings. The summed E-state index contributed by atoms with van der Waals surface area (Å²) in [6.07, 6.45) is 0. The van der Waals surface area contributed by atoms with Crippen LogP contribution in [0.15, 0.2) is 42.5 Å². The largest absolute Gasteiger partial charge is 0.211 e. The number of hydrogen-bond donors (Lipinski definition) is 0. The zero-order valence-electron chi connectivity index (χ0n) is 25.0. The minimum Gasteiger partial charge on any atom is -0.204 e. The van der Waals surface area contributed by atoms with E-state index in [1.54, 1.807) is 0 Å². The molecular formula is C35H50N+. The van der Waals surface area contributed by atoms with Crippen LogP contribution in [-0.4, -0.2) is 0 Å². The lowest BCUT2D eigenvalue weighted by atomic mass is 9.82. The molecule has 1 aromatic heterocycles. The number of hydrogen-bond acceptors (Lipinski definition) is 0. The Bertz CT molecular complexity index is 1040. The zero-order valence-corrected chi connectivity index (χ0v) is 25.0. The van der Waals surface area contributed by atoms with Gasteiger partial charge in [-0.1, -0.05) is 107 Å². The first-order valence-electron chi connectivity index (χ1n) is 14.2. The van der Waals surface area contributed by atoms with Gasteiger partial charge in [0.15, 0.2) is 0 Å². The van der Waals surface area contributed by atoms with Crippen molar-refractivity contribution in [2.45, 2.75) is 119 Å². The van der Waals surface area contributed by atoms with Crippen LogP contribution in [0.4, 0.5) is 0 Å². The van der Waals surface area contributed by atoms with Crippen molar-refractivity contribution in [1.82, 2.24) is 0 Å². The molecule has 0 unspecified atom stereocenters. The minimum absolute atomic E-state index is 0.455. The maximum Gasteiger partial charge on any atom is 0.211 e. The Morgan fingerprint density at radius 2 is 0.694 bits per heavy atom. The molecule has 0 bridgehead atoms. The van der Waals surface area contributed by atoms with Crippen molar-refractivity contribution in [3.63, 3.8) is 0 Å². The van der Waals surface area contributed by atoms with E-state index in [2.05, 4.69) is 131 Å². The predicted molar refractivity (Wildman–Crippen MR) is 158 cm³/mol. The molecule has 1 nitrogen and oxygen atoms in total. The SMILES string of the molecule is CC(C)c1cc(C(C)C)c(-c2cccc(-c3c(C(C)C)cc(C(C)C)cc3C(C)C)[nH+]2)c(C(C)C)c1. The molecule has 0 amide bonds. The molecule has 0 aliphatic heterocycles. The van der Waals surface area contributed by atoms with Crippen molar-refractivity contribution in [2.75, 3.05) is 0 Å². The van der Waals surface area contributed by atoms with Crippen LogP contribution in [0.25, 0.3) is 22.5 Å². The molecule has 0 aliphatic carbocycles. The second-order valence-electron chi connectivity index (χ2n) is 12.6. The van der Waals surface area contributed by atoms with E-state index < -0.39 is 0 Å². The first-order chi connectivity index (χ1) is 16.8. The van der Waals surface area contributed by atoms with E-state index in [1.807, 2.05) is 0 Å². The maximum atomic E-state index is 3.96. The predicted octanol–water partition coefficient (Wildman–Crippen LogP) is 10.6. The summed E-state index contributed by atoms with van der Waals surface area (Å²) >= 11 is 0. The van der Waals surface area contributed by atoms with Crippen LogP contribution in [0.1, 0.15) is 152 Å². The van der Waals surface area contributed by atoms with Crippen LogP contribution in [0.5, 0.6) is 0 Å². The van der Waals surface area contributed by atoms with E-state index >= 15 is 0 Å². The van der Waals surface area contributed by atoms with Crippen molar-refractivity contribution < 1.29 is 4.98 Å². The summed E-state index contributed by atoms with van der Waals surface area (Å²) in [5.74, 6) is 2.86. The molecule has 0 atom stereocenters. The summed E-state index contributed by atoms with van der Waals surface area (Å²) in [7, 11) is 0. The lowest BCUT2D eigenvalue weighted by Crippen LogP contribution is -2.16. The summed E-state index contributed by atoms with van der Waals surface area (Å²) in [4.78, 5) is 3.96. The van der Waals surface area contributed by atoms with Gasteiger partial charge in [-0.05, 0) is 75.0 Å². The highest BCUT2D eigenvalue weighted by atomic mass is 14.7. The normalized spacial score (nSPS) is 12.3. The van der Waals surface area contributed by atoms with Crippen LogP contribution in [-0.2, 0) is 0 Å². The number of aromatic nitrogens is 1. The van der Waals surface area contributed by atoms with Gasteiger partial charge in [0, 0.05) is 12.1 Å². The molecule has 1 heteroatoms. The second-order valence-corrected chi connectivity index (χ2v) is 12.6. The highest BCUT2D eigenvalue weighted by Gasteiger charge is 2.26. The van der Waals surface area contributed by atoms with Gasteiger partial charge in [-0.2, -0.15) is 0 Å². The molecule has 0 saturated carbocycles. The van der Waals surface area contributed by atoms with E-state index in [0.29, 0.717) is 35.5 Å². The third kappa shape index (κ3) is 5.77. The molecule has 0 fully saturated rings. The summed E-state index contributed by atoms with van der Waals surface area (Å²) < 4.78 is 0. The van der Waals surface area contributed by atoms with E-state index in [-0.39, 0.29) is 0 Å². The van der Waals surface area contributed by atoms with Gasteiger partial charge in [-0.15, -0.1) is 0 Å².